The zero-order valence-corrected chi connectivity index (χ0v) is 16.6. The molecule has 0 saturated carbocycles. The molecule has 1 aliphatic heterocycles. The largest absolute Gasteiger partial charge is 0.484 e. The van der Waals surface area contributed by atoms with Gasteiger partial charge in [0, 0.05) is 19.0 Å². The summed E-state index contributed by atoms with van der Waals surface area (Å²) in [5.74, 6) is 2.12. The van der Waals surface area contributed by atoms with Gasteiger partial charge in [-0.05, 0) is 43.0 Å². The Morgan fingerprint density at radius 2 is 1.97 bits per heavy atom. The van der Waals surface area contributed by atoms with E-state index in [0.29, 0.717) is 24.7 Å². The molecule has 1 aliphatic rings. The Morgan fingerprint density at radius 3 is 2.79 bits per heavy atom. The Kier molecular flexibility index (Phi) is 5.89. The number of aromatic nitrogens is 2. The fourth-order valence-corrected chi connectivity index (χ4v) is 3.65. The van der Waals surface area contributed by atoms with Crippen LogP contribution in [-0.2, 0) is 17.8 Å². The van der Waals surface area contributed by atoms with E-state index < -0.39 is 0 Å². The van der Waals surface area contributed by atoms with E-state index in [4.69, 9.17) is 9.26 Å². The van der Waals surface area contributed by atoms with Crippen LogP contribution in [0.2, 0.25) is 0 Å². The third-order valence-corrected chi connectivity index (χ3v) is 5.33. The van der Waals surface area contributed by atoms with Crippen molar-refractivity contribution in [3.63, 3.8) is 0 Å². The summed E-state index contributed by atoms with van der Waals surface area (Å²) in [5, 5.41) is 4.14. The van der Waals surface area contributed by atoms with Gasteiger partial charge in [-0.3, -0.25) is 4.79 Å². The maximum Gasteiger partial charge on any atom is 0.264 e. The van der Waals surface area contributed by atoms with Crippen LogP contribution in [0.3, 0.4) is 0 Å². The minimum atomic E-state index is 0.0961. The summed E-state index contributed by atoms with van der Waals surface area (Å²) in [4.78, 5) is 19.2. The number of amides is 1. The number of nitrogens with zero attached hydrogens (tertiary/aromatic N) is 3. The van der Waals surface area contributed by atoms with Crippen molar-refractivity contribution in [1.82, 2.24) is 15.0 Å². The Morgan fingerprint density at radius 1 is 1.17 bits per heavy atom. The molecule has 1 fully saturated rings. The molecule has 1 amide bonds. The second kappa shape index (κ2) is 8.90. The standard InChI is InChI=1S/C23H25N3O3/c1-17-8-5-6-9-18(17)14-22(27)26-13-7-10-19(15-26)23-24-21(29-25-23)16-28-20-11-3-2-4-12-20/h2-6,8-9,11-12,19H,7,10,13-16H2,1H3. The zero-order valence-electron chi connectivity index (χ0n) is 16.6. The fourth-order valence-electron chi connectivity index (χ4n) is 3.65. The van der Waals surface area contributed by atoms with Crippen molar-refractivity contribution in [3.05, 3.63) is 77.4 Å². The predicted octanol–water partition coefficient (Wildman–Crippen LogP) is 3.91. The number of piperidine rings is 1. The number of hydrogen-bond acceptors (Lipinski definition) is 5. The van der Waals surface area contributed by atoms with Crippen molar-refractivity contribution in [2.75, 3.05) is 13.1 Å². The van der Waals surface area contributed by atoms with E-state index in [9.17, 15) is 4.79 Å². The topological polar surface area (TPSA) is 68.5 Å². The third-order valence-electron chi connectivity index (χ3n) is 5.33. The first kappa shape index (κ1) is 19.2. The predicted molar refractivity (Wildman–Crippen MR) is 109 cm³/mol. The van der Waals surface area contributed by atoms with Crippen molar-refractivity contribution < 1.29 is 14.1 Å². The zero-order chi connectivity index (χ0) is 20.1. The van der Waals surface area contributed by atoms with Crippen molar-refractivity contribution in [1.29, 1.82) is 0 Å². The van der Waals surface area contributed by atoms with Crippen LogP contribution >= 0.6 is 0 Å². The number of aryl methyl sites for hydroxylation is 1. The third kappa shape index (κ3) is 4.83. The Bertz CT molecular complexity index is 955. The van der Waals surface area contributed by atoms with Gasteiger partial charge in [0.25, 0.3) is 5.89 Å². The molecular formula is C23H25N3O3. The van der Waals surface area contributed by atoms with Gasteiger partial charge in [0.2, 0.25) is 5.91 Å². The molecule has 0 N–H and O–H groups in total. The van der Waals surface area contributed by atoms with Gasteiger partial charge in [0.05, 0.1) is 6.42 Å². The van der Waals surface area contributed by atoms with Crippen molar-refractivity contribution in [2.24, 2.45) is 0 Å². The number of rotatable bonds is 6. The summed E-state index contributed by atoms with van der Waals surface area (Å²) in [6.07, 6.45) is 2.32. The first-order valence-electron chi connectivity index (χ1n) is 10.0. The number of carbonyl (C=O) groups excluding carboxylic acids is 1. The van der Waals surface area contributed by atoms with E-state index >= 15 is 0 Å². The minimum Gasteiger partial charge on any atom is -0.484 e. The van der Waals surface area contributed by atoms with Crippen LogP contribution in [0, 0.1) is 6.92 Å². The van der Waals surface area contributed by atoms with Gasteiger partial charge in [-0.15, -0.1) is 0 Å². The monoisotopic (exact) mass is 391 g/mol. The summed E-state index contributed by atoms with van der Waals surface area (Å²) in [7, 11) is 0. The molecular weight excluding hydrogens is 366 g/mol. The van der Waals surface area contributed by atoms with Gasteiger partial charge >= 0.3 is 0 Å². The quantitative estimate of drug-likeness (QED) is 0.637. The van der Waals surface area contributed by atoms with Crippen LogP contribution in [0.15, 0.2) is 59.1 Å². The summed E-state index contributed by atoms with van der Waals surface area (Å²) >= 11 is 0. The molecule has 1 aromatic heterocycles. The molecule has 1 saturated heterocycles. The van der Waals surface area contributed by atoms with Crippen LogP contribution < -0.4 is 4.74 Å². The lowest BCUT2D eigenvalue weighted by Gasteiger charge is -2.31. The smallest absolute Gasteiger partial charge is 0.264 e. The Balaban J connectivity index is 1.35. The molecule has 1 atom stereocenters. The molecule has 2 aromatic carbocycles. The Labute approximate surface area is 170 Å². The summed E-state index contributed by atoms with van der Waals surface area (Å²) < 4.78 is 11.0. The fraction of sp³-hybridized carbons (Fsp3) is 0.348. The van der Waals surface area contributed by atoms with Crippen molar-refractivity contribution in [3.8, 4) is 5.75 Å². The van der Waals surface area contributed by atoms with Gasteiger partial charge in [0.1, 0.15) is 5.75 Å². The maximum atomic E-state index is 12.8. The highest BCUT2D eigenvalue weighted by atomic mass is 16.5. The number of hydrogen-bond donors (Lipinski definition) is 0. The van der Waals surface area contributed by atoms with Crippen LogP contribution in [0.1, 0.15) is 41.6 Å². The summed E-state index contributed by atoms with van der Waals surface area (Å²) in [6, 6.07) is 17.6. The van der Waals surface area contributed by atoms with Crippen LogP contribution in [0.4, 0.5) is 0 Å². The molecule has 0 bridgehead atoms. The number of para-hydroxylation sites is 1. The molecule has 0 radical (unpaired) electrons. The van der Waals surface area contributed by atoms with Crippen molar-refractivity contribution in [2.45, 2.75) is 38.7 Å². The van der Waals surface area contributed by atoms with Gasteiger partial charge in [0.15, 0.2) is 12.4 Å². The number of benzene rings is 2. The molecule has 6 nitrogen and oxygen atoms in total. The second-order valence-electron chi connectivity index (χ2n) is 7.43. The number of ether oxygens (including phenoxy) is 1. The molecule has 0 spiro atoms. The lowest BCUT2D eigenvalue weighted by molar-refractivity contribution is -0.131. The van der Waals surface area contributed by atoms with Crippen LogP contribution in [0.5, 0.6) is 5.75 Å². The Hall–Kier alpha value is -3.15. The van der Waals surface area contributed by atoms with Gasteiger partial charge < -0.3 is 14.2 Å². The molecule has 0 aliphatic carbocycles. The summed E-state index contributed by atoms with van der Waals surface area (Å²) in [5.41, 5.74) is 2.23. The summed E-state index contributed by atoms with van der Waals surface area (Å²) in [6.45, 7) is 3.69. The minimum absolute atomic E-state index is 0.0961. The lowest BCUT2D eigenvalue weighted by atomic mass is 9.96. The molecule has 4 rings (SSSR count). The molecule has 150 valence electrons. The first-order valence-corrected chi connectivity index (χ1v) is 10.0. The SMILES string of the molecule is Cc1ccccc1CC(=O)N1CCCC(c2noc(COc3ccccc3)n2)C1. The van der Waals surface area contributed by atoms with E-state index in [1.54, 1.807) is 0 Å². The average Bonchev–Trinajstić information content (AvgIpc) is 3.24. The van der Waals surface area contributed by atoms with E-state index in [0.717, 1.165) is 36.3 Å². The molecule has 3 aromatic rings. The highest BCUT2D eigenvalue weighted by Crippen LogP contribution is 2.26. The van der Waals surface area contributed by atoms with E-state index in [1.165, 1.54) is 0 Å². The van der Waals surface area contributed by atoms with Crippen LogP contribution in [-0.4, -0.2) is 34.0 Å². The molecule has 2 heterocycles. The highest BCUT2D eigenvalue weighted by Gasteiger charge is 2.28. The first-order chi connectivity index (χ1) is 14.2. The second-order valence-corrected chi connectivity index (χ2v) is 7.43. The molecule has 1 unspecified atom stereocenters. The molecule has 6 heteroatoms. The lowest BCUT2D eigenvalue weighted by Crippen LogP contribution is -2.40. The highest BCUT2D eigenvalue weighted by molar-refractivity contribution is 5.79. The van der Waals surface area contributed by atoms with E-state index in [-0.39, 0.29) is 18.4 Å². The van der Waals surface area contributed by atoms with Gasteiger partial charge in [-0.1, -0.05) is 47.6 Å². The molecule has 29 heavy (non-hydrogen) atoms. The van der Waals surface area contributed by atoms with Crippen molar-refractivity contribution >= 4 is 5.91 Å². The van der Waals surface area contributed by atoms with Gasteiger partial charge in [-0.2, -0.15) is 4.98 Å². The van der Waals surface area contributed by atoms with E-state index in [1.807, 2.05) is 66.4 Å². The maximum absolute atomic E-state index is 12.8. The van der Waals surface area contributed by atoms with E-state index in [2.05, 4.69) is 10.1 Å². The average molecular weight is 391 g/mol. The number of carbonyl (C=O) groups is 1. The normalized spacial score (nSPS) is 16.6. The van der Waals surface area contributed by atoms with Gasteiger partial charge in [-0.25, -0.2) is 0 Å². The van der Waals surface area contributed by atoms with Crippen LogP contribution in [0.25, 0.3) is 0 Å². The number of likely N-dealkylation sites (tertiary alicyclic amines) is 1.